The summed E-state index contributed by atoms with van der Waals surface area (Å²) < 4.78 is 0.833. The second-order valence-electron chi connectivity index (χ2n) is 4.43. The predicted molar refractivity (Wildman–Crippen MR) is 76.0 cm³/mol. The number of aryl methyl sites for hydroxylation is 3. The number of hydrogen-bond acceptors (Lipinski definition) is 2. The van der Waals surface area contributed by atoms with Gasteiger partial charge in [0.2, 0.25) is 0 Å². The largest absolute Gasteiger partial charge is 0.320 e. The lowest BCUT2D eigenvalue weighted by molar-refractivity contribution is 0.889. The van der Waals surface area contributed by atoms with Crippen LogP contribution in [0, 0.1) is 20.8 Å². The van der Waals surface area contributed by atoms with Crippen molar-refractivity contribution in [2.75, 3.05) is 0 Å². The van der Waals surface area contributed by atoms with Gasteiger partial charge in [-0.05, 0) is 49.1 Å². The molecule has 1 atom stereocenters. The standard InChI is InChI=1S/C14H16ClNS/c1-8-4-5-11(6-9(8)2)13(16)12-7-10(3)14(15)17-12/h4-7,13H,16H2,1-3H3. The molecule has 0 spiro atoms. The van der Waals surface area contributed by atoms with Crippen LogP contribution in [0.1, 0.15) is 33.2 Å². The lowest BCUT2D eigenvalue weighted by Crippen LogP contribution is -2.10. The van der Waals surface area contributed by atoms with Crippen molar-refractivity contribution in [2.24, 2.45) is 5.73 Å². The van der Waals surface area contributed by atoms with Crippen molar-refractivity contribution in [1.82, 2.24) is 0 Å². The van der Waals surface area contributed by atoms with Gasteiger partial charge in [-0.3, -0.25) is 0 Å². The Hall–Kier alpha value is -0.830. The highest BCUT2D eigenvalue weighted by atomic mass is 35.5. The number of nitrogens with two attached hydrogens (primary N) is 1. The smallest absolute Gasteiger partial charge is 0.0961 e. The molecule has 0 radical (unpaired) electrons. The zero-order chi connectivity index (χ0) is 12.6. The summed E-state index contributed by atoms with van der Waals surface area (Å²) in [4.78, 5) is 1.12. The first-order valence-electron chi connectivity index (χ1n) is 5.57. The summed E-state index contributed by atoms with van der Waals surface area (Å²) in [6.45, 7) is 6.23. The summed E-state index contributed by atoms with van der Waals surface area (Å²) >= 11 is 7.65. The zero-order valence-corrected chi connectivity index (χ0v) is 11.8. The third-order valence-corrected chi connectivity index (χ3v) is 4.71. The fraction of sp³-hybridized carbons (Fsp3) is 0.286. The van der Waals surface area contributed by atoms with Crippen LogP contribution < -0.4 is 5.73 Å². The molecule has 1 unspecified atom stereocenters. The van der Waals surface area contributed by atoms with Crippen molar-refractivity contribution in [3.05, 3.63) is 55.7 Å². The normalized spacial score (nSPS) is 12.8. The van der Waals surface area contributed by atoms with Crippen LogP contribution in [0.15, 0.2) is 24.3 Å². The monoisotopic (exact) mass is 265 g/mol. The zero-order valence-electron chi connectivity index (χ0n) is 10.3. The van der Waals surface area contributed by atoms with Gasteiger partial charge in [-0.15, -0.1) is 11.3 Å². The van der Waals surface area contributed by atoms with Crippen LogP contribution in [0.5, 0.6) is 0 Å². The van der Waals surface area contributed by atoms with Gasteiger partial charge in [-0.2, -0.15) is 0 Å². The van der Waals surface area contributed by atoms with Crippen molar-refractivity contribution in [3.63, 3.8) is 0 Å². The van der Waals surface area contributed by atoms with Gasteiger partial charge in [0, 0.05) is 4.88 Å². The van der Waals surface area contributed by atoms with Crippen LogP contribution in [0.4, 0.5) is 0 Å². The lowest BCUT2D eigenvalue weighted by atomic mass is 10.0. The number of thiophene rings is 1. The summed E-state index contributed by atoms with van der Waals surface area (Å²) in [6, 6.07) is 8.36. The highest BCUT2D eigenvalue weighted by molar-refractivity contribution is 7.16. The fourth-order valence-corrected chi connectivity index (χ4v) is 3.01. The van der Waals surface area contributed by atoms with E-state index in [9.17, 15) is 0 Å². The van der Waals surface area contributed by atoms with E-state index >= 15 is 0 Å². The van der Waals surface area contributed by atoms with Crippen LogP contribution in [0.2, 0.25) is 4.34 Å². The first-order valence-corrected chi connectivity index (χ1v) is 6.77. The minimum absolute atomic E-state index is 0.0782. The summed E-state index contributed by atoms with van der Waals surface area (Å²) in [5, 5.41) is 0. The van der Waals surface area contributed by atoms with Gasteiger partial charge in [-0.25, -0.2) is 0 Å². The third kappa shape index (κ3) is 2.54. The van der Waals surface area contributed by atoms with Crippen molar-refractivity contribution in [2.45, 2.75) is 26.8 Å². The van der Waals surface area contributed by atoms with E-state index in [1.54, 1.807) is 11.3 Å². The highest BCUT2D eigenvalue weighted by Gasteiger charge is 2.13. The Balaban J connectivity index is 2.36. The van der Waals surface area contributed by atoms with E-state index in [0.717, 1.165) is 20.3 Å². The third-order valence-electron chi connectivity index (χ3n) is 3.07. The van der Waals surface area contributed by atoms with E-state index < -0.39 is 0 Å². The molecule has 0 saturated carbocycles. The molecule has 1 aromatic carbocycles. The highest BCUT2D eigenvalue weighted by Crippen LogP contribution is 2.33. The van der Waals surface area contributed by atoms with E-state index in [4.69, 9.17) is 17.3 Å². The Morgan fingerprint density at radius 3 is 2.29 bits per heavy atom. The molecular weight excluding hydrogens is 250 g/mol. The fourth-order valence-electron chi connectivity index (χ4n) is 1.76. The van der Waals surface area contributed by atoms with Gasteiger partial charge in [-0.1, -0.05) is 29.8 Å². The van der Waals surface area contributed by atoms with Crippen molar-refractivity contribution in [1.29, 1.82) is 0 Å². The molecule has 0 aliphatic carbocycles. The molecule has 0 aliphatic heterocycles. The first kappa shape index (κ1) is 12.6. The Morgan fingerprint density at radius 2 is 1.76 bits per heavy atom. The summed E-state index contributed by atoms with van der Waals surface area (Å²) in [7, 11) is 0. The van der Waals surface area contributed by atoms with Gasteiger partial charge in [0.1, 0.15) is 0 Å². The van der Waals surface area contributed by atoms with E-state index in [1.807, 2.05) is 6.92 Å². The molecule has 1 heterocycles. The number of hydrogen-bond donors (Lipinski definition) is 1. The second kappa shape index (κ2) is 4.81. The molecule has 0 fully saturated rings. The van der Waals surface area contributed by atoms with Gasteiger partial charge < -0.3 is 5.73 Å². The first-order chi connectivity index (χ1) is 7.99. The van der Waals surface area contributed by atoms with E-state index in [-0.39, 0.29) is 6.04 Å². The molecule has 0 saturated heterocycles. The van der Waals surface area contributed by atoms with Crippen molar-refractivity contribution >= 4 is 22.9 Å². The van der Waals surface area contributed by atoms with Crippen molar-refractivity contribution < 1.29 is 0 Å². The van der Waals surface area contributed by atoms with Gasteiger partial charge in [0.05, 0.1) is 10.4 Å². The van der Waals surface area contributed by atoms with Crippen LogP contribution in [0.3, 0.4) is 0 Å². The average Bonchev–Trinajstić information content (AvgIpc) is 2.62. The van der Waals surface area contributed by atoms with Crippen LogP contribution in [-0.2, 0) is 0 Å². The molecule has 17 heavy (non-hydrogen) atoms. The minimum atomic E-state index is -0.0782. The van der Waals surface area contributed by atoms with E-state index in [0.29, 0.717) is 0 Å². The second-order valence-corrected chi connectivity index (χ2v) is 6.11. The average molecular weight is 266 g/mol. The quantitative estimate of drug-likeness (QED) is 0.857. The molecule has 2 N–H and O–H groups in total. The van der Waals surface area contributed by atoms with Crippen LogP contribution >= 0.6 is 22.9 Å². The Bertz CT molecular complexity index is 526. The lowest BCUT2D eigenvalue weighted by Gasteiger charge is -2.11. The molecule has 1 aromatic heterocycles. The summed E-state index contributed by atoms with van der Waals surface area (Å²) in [6.07, 6.45) is 0. The van der Waals surface area contributed by atoms with Crippen molar-refractivity contribution in [3.8, 4) is 0 Å². The van der Waals surface area contributed by atoms with E-state index in [1.165, 1.54) is 11.1 Å². The number of halogens is 1. The Morgan fingerprint density at radius 1 is 1.06 bits per heavy atom. The van der Waals surface area contributed by atoms with Crippen LogP contribution in [0.25, 0.3) is 0 Å². The molecule has 2 aromatic rings. The summed E-state index contributed by atoms with van der Waals surface area (Å²) in [5.74, 6) is 0. The Labute approximate surface area is 111 Å². The maximum absolute atomic E-state index is 6.27. The van der Waals surface area contributed by atoms with E-state index in [2.05, 4.69) is 38.1 Å². The number of benzene rings is 1. The van der Waals surface area contributed by atoms with Crippen LogP contribution in [-0.4, -0.2) is 0 Å². The molecule has 1 nitrogen and oxygen atoms in total. The Kier molecular flexibility index (Phi) is 3.57. The maximum atomic E-state index is 6.27. The minimum Gasteiger partial charge on any atom is -0.320 e. The molecule has 90 valence electrons. The SMILES string of the molecule is Cc1ccc(C(N)c2cc(C)c(Cl)s2)cc1C. The van der Waals surface area contributed by atoms with Gasteiger partial charge in [0.15, 0.2) is 0 Å². The van der Waals surface area contributed by atoms with Gasteiger partial charge >= 0.3 is 0 Å². The number of rotatable bonds is 2. The molecule has 2 rings (SSSR count). The predicted octanol–water partition coefficient (Wildman–Crippen LogP) is 4.37. The molecule has 0 amide bonds. The molecule has 0 bridgehead atoms. The summed E-state index contributed by atoms with van der Waals surface area (Å²) in [5.41, 5.74) is 11.1. The molecule has 3 heteroatoms. The topological polar surface area (TPSA) is 26.0 Å². The van der Waals surface area contributed by atoms with Gasteiger partial charge in [0.25, 0.3) is 0 Å². The molecule has 0 aliphatic rings. The molecular formula is C14H16ClNS. The maximum Gasteiger partial charge on any atom is 0.0961 e.